The molecule has 2 rings (SSSR count). The van der Waals surface area contributed by atoms with Gasteiger partial charge < -0.3 is 26.3 Å². The molecule has 1 aliphatic heterocycles. The lowest BCUT2D eigenvalue weighted by molar-refractivity contribution is -0.137. The summed E-state index contributed by atoms with van der Waals surface area (Å²) in [7, 11) is 0. The van der Waals surface area contributed by atoms with Crippen molar-refractivity contribution < 1.29 is 24.3 Å². The van der Waals surface area contributed by atoms with Crippen molar-refractivity contribution in [1.29, 1.82) is 0 Å². The molecule has 0 aliphatic carbocycles. The Kier molecular flexibility index (Phi) is 6.95. The van der Waals surface area contributed by atoms with Crippen LogP contribution in [0.4, 0.5) is 4.79 Å². The van der Waals surface area contributed by atoms with E-state index in [4.69, 9.17) is 15.7 Å². The van der Waals surface area contributed by atoms with Gasteiger partial charge in [0.25, 0.3) is 5.91 Å². The maximum absolute atomic E-state index is 12.1. The van der Waals surface area contributed by atoms with E-state index in [0.717, 1.165) is 5.56 Å². The Bertz CT molecular complexity index is 677. The summed E-state index contributed by atoms with van der Waals surface area (Å²) in [5, 5.41) is 17.9. The number of aliphatic carboxylic acids is 1. The summed E-state index contributed by atoms with van der Waals surface area (Å²) in [6.07, 6.45) is 0.583. The third kappa shape index (κ3) is 6.42. The molecule has 9 heteroatoms. The van der Waals surface area contributed by atoms with Crippen LogP contribution in [0.1, 0.15) is 24.8 Å². The number of nitrogens with two attached hydrogens (primary N) is 1. The molecule has 5 N–H and O–H groups in total. The van der Waals surface area contributed by atoms with Crippen molar-refractivity contribution in [2.45, 2.75) is 37.8 Å². The number of primary amides is 1. The van der Waals surface area contributed by atoms with Gasteiger partial charge in [-0.05, 0) is 18.4 Å². The number of carboxylic acid groups (broad SMARTS) is 1. The zero-order chi connectivity index (χ0) is 18.9. The van der Waals surface area contributed by atoms with Gasteiger partial charge in [-0.25, -0.2) is 4.79 Å². The van der Waals surface area contributed by atoms with Crippen molar-refractivity contribution in [3.63, 3.8) is 0 Å². The number of carbonyl (C=O) groups is 3. The fraction of sp³-hybridized carbons (Fsp3) is 0.412. The Balaban J connectivity index is 1.81. The van der Waals surface area contributed by atoms with Crippen molar-refractivity contribution in [3.05, 3.63) is 35.9 Å². The largest absolute Gasteiger partial charge is 0.481 e. The molecule has 0 fully saturated rings. The predicted octanol–water partition coefficient (Wildman–Crippen LogP) is 0.392. The Morgan fingerprint density at radius 1 is 1.31 bits per heavy atom. The summed E-state index contributed by atoms with van der Waals surface area (Å²) >= 11 is 0. The Morgan fingerprint density at radius 3 is 2.65 bits per heavy atom. The summed E-state index contributed by atoms with van der Waals surface area (Å²) in [5.74, 6) is -1.56. The third-order valence-corrected chi connectivity index (χ3v) is 3.87. The van der Waals surface area contributed by atoms with Gasteiger partial charge in [-0.1, -0.05) is 35.5 Å². The number of benzene rings is 1. The first-order valence-electron chi connectivity index (χ1n) is 8.26. The van der Waals surface area contributed by atoms with Gasteiger partial charge >= 0.3 is 12.0 Å². The summed E-state index contributed by atoms with van der Waals surface area (Å²) in [4.78, 5) is 39.0. The van der Waals surface area contributed by atoms with E-state index in [-0.39, 0.29) is 31.1 Å². The molecule has 0 saturated carbocycles. The molecule has 1 aliphatic rings. The van der Waals surface area contributed by atoms with Crippen LogP contribution in [0.15, 0.2) is 35.5 Å². The topological polar surface area (TPSA) is 143 Å². The standard InChI is InChI=1S/C17H22N4O5/c18-16(24)14-9-13(26-21-14)10-19-17(25)20-12(6-7-15(22)23)8-11-4-2-1-3-5-11/h1-5,12-13H,6-10H2,(H2,18,24)(H,22,23)(H2,19,20,25). The van der Waals surface area contributed by atoms with Crippen LogP contribution in [-0.2, 0) is 20.8 Å². The maximum atomic E-state index is 12.1. The van der Waals surface area contributed by atoms with Gasteiger partial charge in [0.1, 0.15) is 5.71 Å². The van der Waals surface area contributed by atoms with Gasteiger partial charge in [-0.15, -0.1) is 0 Å². The number of rotatable bonds is 9. The molecule has 0 spiro atoms. The van der Waals surface area contributed by atoms with E-state index in [9.17, 15) is 14.4 Å². The molecule has 0 saturated heterocycles. The highest BCUT2D eigenvalue weighted by Crippen LogP contribution is 2.10. The van der Waals surface area contributed by atoms with E-state index in [1.165, 1.54) is 0 Å². The summed E-state index contributed by atoms with van der Waals surface area (Å²) in [5.41, 5.74) is 6.26. The normalized spacial score (nSPS) is 16.9. The average Bonchev–Trinajstić information content (AvgIpc) is 3.08. The van der Waals surface area contributed by atoms with E-state index in [2.05, 4.69) is 15.8 Å². The molecule has 0 radical (unpaired) electrons. The highest BCUT2D eigenvalue weighted by molar-refractivity contribution is 6.38. The second-order valence-corrected chi connectivity index (χ2v) is 6.01. The number of oxime groups is 1. The number of urea groups is 1. The van der Waals surface area contributed by atoms with Crippen LogP contribution < -0.4 is 16.4 Å². The second-order valence-electron chi connectivity index (χ2n) is 6.01. The highest BCUT2D eigenvalue weighted by Gasteiger charge is 2.25. The van der Waals surface area contributed by atoms with Crippen molar-refractivity contribution in [2.75, 3.05) is 6.54 Å². The van der Waals surface area contributed by atoms with Crippen LogP contribution in [0.5, 0.6) is 0 Å². The lowest BCUT2D eigenvalue weighted by atomic mass is 10.0. The molecule has 1 aromatic rings. The smallest absolute Gasteiger partial charge is 0.315 e. The van der Waals surface area contributed by atoms with E-state index >= 15 is 0 Å². The second kappa shape index (κ2) is 9.40. The van der Waals surface area contributed by atoms with E-state index in [0.29, 0.717) is 12.8 Å². The molecule has 1 heterocycles. The molecule has 3 amide bonds. The Hall–Kier alpha value is -3.10. The minimum Gasteiger partial charge on any atom is -0.481 e. The SMILES string of the molecule is NC(=O)C1=NOC(CNC(=O)NC(CCC(=O)O)Cc2ccccc2)C1. The Morgan fingerprint density at radius 2 is 2.04 bits per heavy atom. The van der Waals surface area contributed by atoms with Gasteiger partial charge in [0.2, 0.25) is 0 Å². The number of carboxylic acids is 1. The zero-order valence-electron chi connectivity index (χ0n) is 14.2. The number of amides is 3. The molecule has 1 aromatic carbocycles. The molecule has 26 heavy (non-hydrogen) atoms. The van der Waals surface area contributed by atoms with Crippen molar-refractivity contribution in [3.8, 4) is 0 Å². The van der Waals surface area contributed by atoms with Gasteiger partial charge in [-0.2, -0.15) is 0 Å². The first-order valence-corrected chi connectivity index (χ1v) is 8.26. The molecular weight excluding hydrogens is 340 g/mol. The fourth-order valence-electron chi connectivity index (χ4n) is 2.55. The molecular formula is C17H22N4O5. The van der Waals surface area contributed by atoms with Crippen LogP contribution in [0.25, 0.3) is 0 Å². The Labute approximate surface area is 150 Å². The number of hydrogen-bond donors (Lipinski definition) is 4. The van der Waals surface area contributed by atoms with Gasteiger partial charge in [0.05, 0.1) is 6.54 Å². The maximum Gasteiger partial charge on any atom is 0.315 e. The number of hydrogen-bond acceptors (Lipinski definition) is 5. The van der Waals surface area contributed by atoms with Crippen LogP contribution in [0.3, 0.4) is 0 Å². The van der Waals surface area contributed by atoms with Crippen molar-refractivity contribution in [1.82, 2.24) is 10.6 Å². The molecule has 140 valence electrons. The molecule has 2 unspecified atom stereocenters. The average molecular weight is 362 g/mol. The highest BCUT2D eigenvalue weighted by atomic mass is 16.6. The predicted molar refractivity (Wildman–Crippen MR) is 93.5 cm³/mol. The van der Waals surface area contributed by atoms with Gasteiger partial charge in [-0.3, -0.25) is 9.59 Å². The lowest BCUT2D eigenvalue weighted by Crippen LogP contribution is -2.45. The summed E-state index contributed by atoms with van der Waals surface area (Å²) in [6, 6.07) is 8.74. The fourth-order valence-corrected chi connectivity index (χ4v) is 2.55. The number of nitrogens with zero attached hydrogens (tertiary/aromatic N) is 1. The molecule has 2 atom stereocenters. The van der Waals surface area contributed by atoms with E-state index in [1.807, 2.05) is 30.3 Å². The number of nitrogens with one attached hydrogen (secondary N) is 2. The quantitative estimate of drug-likeness (QED) is 0.502. The molecule has 9 nitrogen and oxygen atoms in total. The van der Waals surface area contributed by atoms with Gasteiger partial charge in [0.15, 0.2) is 6.10 Å². The van der Waals surface area contributed by atoms with Crippen molar-refractivity contribution in [2.24, 2.45) is 10.9 Å². The monoisotopic (exact) mass is 362 g/mol. The number of carbonyl (C=O) groups excluding carboxylic acids is 2. The lowest BCUT2D eigenvalue weighted by Gasteiger charge is -2.19. The summed E-state index contributed by atoms with van der Waals surface area (Å²) in [6.45, 7) is 0.156. The first-order chi connectivity index (χ1) is 12.4. The third-order valence-electron chi connectivity index (χ3n) is 3.87. The molecule has 0 aromatic heterocycles. The minimum atomic E-state index is -0.916. The van der Waals surface area contributed by atoms with Crippen LogP contribution in [0, 0.1) is 0 Å². The van der Waals surface area contributed by atoms with Crippen LogP contribution >= 0.6 is 0 Å². The van der Waals surface area contributed by atoms with Crippen LogP contribution in [-0.4, -0.2) is 47.4 Å². The van der Waals surface area contributed by atoms with Gasteiger partial charge in [0, 0.05) is 18.9 Å². The minimum absolute atomic E-state index is 0.0423. The van der Waals surface area contributed by atoms with Crippen LogP contribution in [0.2, 0.25) is 0 Å². The van der Waals surface area contributed by atoms with E-state index in [1.54, 1.807) is 0 Å². The molecule has 0 bridgehead atoms. The first kappa shape index (κ1) is 19.2. The zero-order valence-corrected chi connectivity index (χ0v) is 14.2. The van der Waals surface area contributed by atoms with E-state index < -0.39 is 24.0 Å². The van der Waals surface area contributed by atoms with Crippen molar-refractivity contribution >= 4 is 23.6 Å². The summed E-state index contributed by atoms with van der Waals surface area (Å²) < 4.78 is 0.